The molecule has 8 heteroatoms. The van der Waals surface area contributed by atoms with E-state index < -0.39 is 10.8 Å². The fraction of sp³-hybridized carbons (Fsp3) is 0.385. The van der Waals surface area contributed by atoms with Crippen LogP contribution in [0.3, 0.4) is 0 Å². The SMILES string of the molecule is CCNC(=O)c1ccc(NCCCC(N)=O)c([N+](=O)[O-])c1. The van der Waals surface area contributed by atoms with E-state index in [0.29, 0.717) is 25.2 Å². The lowest BCUT2D eigenvalue weighted by molar-refractivity contribution is -0.384. The summed E-state index contributed by atoms with van der Waals surface area (Å²) in [6.45, 7) is 2.59. The Morgan fingerprint density at radius 1 is 1.38 bits per heavy atom. The molecule has 0 spiro atoms. The van der Waals surface area contributed by atoms with Gasteiger partial charge in [-0.05, 0) is 25.5 Å². The molecule has 0 bridgehead atoms. The molecule has 0 radical (unpaired) electrons. The van der Waals surface area contributed by atoms with Crippen molar-refractivity contribution in [1.29, 1.82) is 0 Å². The second-order valence-electron chi connectivity index (χ2n) is 4.35. The molecule has 0 unspecified atom stereocenters. The predicted octanol–water partition coefficient (Wildman–Crippen LogP) is 1.02. The van der Waals surface area contributed by atoms with Gasteiger partial charge in [-0.1, -0.05) is 0 Å². The number of nitro benzene ring substituents is 1. The molecule has 0 aromatic heterocycles. The van der Waals surface area contributed by atoms with Crippen molar-refractivity contribution >= 4 is 23.2 Å². The van der Waals surface area contributed by atoms with Crippen molar-refractivity contribution < 1.29 is 14.5 Å². The van der Waals surface area contributed by atoms with Gasteiger partial charge in [0.2, 0.25) is 5.91 Å². The highest BCUT2D eigenvalue weighted by molar-refractivity contribution is 5.95. The lowest BCUT2D eigenvalue weighted by Gasteiger charge is -2.08. The van der Waals surface area contributed by atoms with Crippen LogP contribution in [0.25, 0.3) is 0 Å². The molecule has 1 aromatic rings. The van der Waals surface area contributed by atoms with Crippen LogP contribution in [0.5, 0.6) is 0 Å². The number of anilines is 1. The van der Waals surface area contributed by atoms with Gasteiger partial charge in [-0.25, -0.2) is 0 Å². The first-order valence-electron chi connectivity index (χ1n) is 6.54. The summed E-state index contributed by atoms with van der Waals surface area (Å²) in [4.78, 5) is 32.8. The molecule has 1 aromatic carbocycles. The Kier molecular flexibility index (Phi) is 6.12. The molecule has 0 atom stereocenters. The van der Waals surface area contributed by atoms with E-state index in [-0.39, 0.29) is 23.6 Å². The molecular weight excluding hydrogens is 276 g/mol. The quantitative estimate of drug-likeness (QED) is 0.375. The van der Waals surface area contributed by atoms with Gasteiger partial charge < -0.3 is 16.4 Å². The van der Waals surface area contributed by atoms with Gasteiger partial charge >= 0.3 is 0 Å². The van der Waals surface area contributed by atoms with Crippen LogP contribution in [0.4, 0.5) is 11.4 Å². The third-order valence-electron chi connectivity index (χ3n) is 2.71. The highest BCUT2D eigenvalue weighted by Gasteiger charge is 2.17. The van der Waals surface area contributed by atoms with E-state index in [1.807, 2.05) is 0 Å². The monoisotopic (exact) mass is 294 g/mol. The Morgan fingerprint density at radius 2 is 2.10 bits per heavy atom. The van der Waals surface area contributed by atoms with Gasteiger partial charge in [0.25, 0.3) is 11.6 Å². The zero-order valence-corrected chi connectivity index (χ0v) is 11.7. The van der Waals surface area contributed by atoms with Crippen LogP contribution in [0.1, 0.15) is 30.1 Å². The summed E-state index contributed by atoms with van der Waals surface area (Å²) < 4.78 is 0. The Labute approximate surface area is 121 Å². The third-order valence-corrected chi connectivity index (χ3v) is 2.71. The third kappa shape index (κ3) is 5.09. The maximum Gasteiger partial charge on any atom is 0.293 e. The molecule has 8 nitrogen and oxygen atoms in total. The second kappa shape index (κ2) is 7.83. The fourth-order valence-corrected chi connectivity index (χ4v) is 1.72. The first-order valence-corrected chi connectivity index (χ1v) is 6.54. The smallest absolute Gasteiger partial charge is 0.293 e. The van der Waals surface area contributed by atoms with Gasteiger partial charge in [0.1, 0.15) is 5.69 Å². The lowest BCUT2D eigenvalue weighted by atomic mass is 10.1. The minimum atomic E-state index is -0.556. The van der Waals surface area contributed by atoms with E-state index in [1.165, 1.54) is 18.2 Å². The van der Waals surface area contributed by atoms with Gasteiger partial charge in [-0.2, -0.15) is 0 Å². The number of nitrogens with zero attached hydrogens (tertiary/aromatic N) is 1. The van der Waals surface area contributed by atoms with E-state index in [0.717, 1.165) is 0 Å². The van der Waals surface area contributed by atoms with Gasteiger partial charge in [0, 0.05) is 31.1 Å². The second-order valence-corrected chi connectivity index (χ2v) is 4.35. The van der Waals surface area contributed by atoms with Crippen molar-refractivity contribution in [3.63, 3.8) is 0 Å². The summed E-state index contributed by atoms with van der Waals surface area (Å²) in [5, 5.41) is 16.5. The summed E-state index contributed by atoms with van der Waals surface area (Å²) in [5.41, 5.74) is 5.36. The Morgan fingerprint density at radius 3 is 2.67 bits per heavy atom. The van der Waals surface area contributed by atoms with Crippen LogP contribution in [0.15, 0.2) is 18.2 Å². The predicted molar refractivity (Wildman–Crippen MR) is 78.0 cm³/mol. The van der Waals surface area contributed by atoms with Gasteiger partial charge in [0.05, 0.1) is 4.92 Å². The Balaban J connectivity index is 2.82. The van der Waals surface area contributed by atoms with E-state index in [2.05, 4.69) is 10.6 Å². The molecule has 0 aliphatic heterocycles. The van der Waals surface area contributed by atoms with Gasteiger partial charge in [0.15, 0.2) is 0 Å². The number of carbonyl (C=O) groups is 2. The largest absolute Gasteiger partial charge is 0.379 e. The van der Waals surface area contributed by atoms with E-state index in [1.54, 1.807) is 6.92 Å². The van der Waals surface area contributed by atoms with Crippen molar-refractivity contribution in [2.24, 2.45) is 5.73 Å². The molecule has 0 aliphatic carbocycles. The fourth-order valence-electron chi connectivity index (χ4n) is 1.72. The summed E-state index contributed by atoms with van der Waals surface area (Å²) in [6, 6.07) is 4.21. The number of nitrogens with one attached hydrogen (secondary N) is 2. The summed E-state index contributed by atoms with van der Waals surface area (Å²) in [6.07, 6.45) is 0.683. The zero-order chi connectivity index (χ0) is 15.8. The molecule has 2 amide bonds. The number of benzene rings is 1. The molecule has 0 aliphatic rings. The van der Waals surface area contributed by atoms with Crippen LogP contribution in [0, 0.1) is 10.1 Å². The molecule has 0 saturated heterocycles. The average molecular weight is 294 g/mol. The maximum atomic E-state index is 11.7. The number of amides is 2. The number of primary amides is 1. The standard InChI is InChI=1S/C13H18N4O4/c1-2-15-13(19)9-5-6-10(11(8-9)17(20)21)16-7-3-4-12(14)18/h5-6,8,16H,2-4,7H2,1H3,(H2,14,18)(H,15,19). The zero-order valence-electron chi connectivity index (χ0n) is 11.7. The van der Waals surface area contributed by atoms with Crippen molar-refractivity contribution in [1.82, 2.24) is 5.32 Å². The Hall–Kier alpha value is -2.64. The molecule has 0 heterocycles. The molecule has 1 rings (SSSR count). The van der Waals surface area contributed by atoms with Crippen molar-refractivity contribution in [3.05, 3.63) is 33.9 Å². The Bertz CT molecular complexity index is 545. The van der Waals surface area contributed by atoms with Crippen LogP contribution < -0.4 is 16.4 Å². The number of nitrogens with two attached hydrogens (primary N) is 1. The molecule has 4 N–H and O–H groups in total. The number of nitro groups is 1. The number of carbonyl (C=O) groups excluding carboxylic acids is 2. The average Bonchev–Trinajstić information content (AvgIpc) is 2.43. The van der Waals surface area contributed by atoms with Gasteiger partial charge in [-0.15, -0.1) is 0 Å². The molecular formula is C13H18N4O4. The molecule has 114 valence electrons. The minimum absolute atomic E-state index is 0.183. The van der Waals surface area contributed by atoms with Crippen LogP contribution in [-0.2, 0) is 4.79 Å². The van der Waals surface area contributed by atoms with Gasteiger partial charge in [-0.3, -0.25) is 19.7 Å². The van der Waals surface area contributed by atoms with Crippen molar-refractivity contribution in [2.45, 2.75) is 19.8 Å². The topological polar surface area (TPSA) is 127 Å². The number of rotatable bonds is 8. The molecule has 0 saturated carbocycles. The van der Waals surface area contributed by atoms with Crippen LogP contribution in [0.2, 0.25) is 0 Å². The lowest BCUT2D eigenvalue weighted by Crippen LogP contribution is -2.22. The van der Waals surface area contributed by atoms with E-state index >= 15 is 0 Å². The number of hydrogen-bond acceptors (Lipinski definition) is 5. The van der Waals surface area contributed by atoms with Crippen LogP contribution in [-0.4, -0.2) is 29.8 Å². The van der Waals surface area contributed by atoms with E-state index in [4.69, 9.17) is 5.73 Å². The molecule has 0 fully saturated rings. The van der Waals surface area contributed by atoms with Crippen LogP contribution >= 0.6 is 0 Å². The molecule has 21 heavy (non-hydrogen) atoms. The van der Waals surface area contributed by atoms with Crippen molar-refractivity contribution in [2.75, 3.05) is 18.4 Å². The van der Waals surface area contributed by atoms with E-state index in [9.17, 15) is 19.7 Å². The summed E-state index contributed by atoms with van der Waals surface area (Å²) >= 11 is 0. The van der Waals surface area contributed by atoms with Crippen molar-refractivity contribution in [3.8, 4) is 0 Å². The first-order chi connectivity index (χ1) is 9.95. The summed E-state index contributed by atoms with van der Waals surface area (Å²) in [5.74, 6) is -0.779. The summed E-state index contributed by atoms with van der Waals surface area (Å²) in [7, 11) is 0. The normalized spacial score (nSPS) is 9.95. The first kappa shape index (κ1) is 16.4. The minimum Gasteiger partial charge on any atom is -0.379 e. The maximum absolute atomic E-state index is 11.7. The highest BCUT2D eigenvalue weighted by atomic mass is 16.6. The number of hydrogen-bond donors (Lipinski definition) is 3. The highest BCUT2D eigenvalue weighted by Crippen LogP contribution is 2.25.